The SMILES string of the molecule is CCC(C(C)C)n1c(CCl)nc2cc(C(F)(F)F)ccc21. The Bertz CT molecular complexity index is 632. The van der Waals surface area contributed by atoms with Crippen LogP contribution in [0.3, 0.4) is 0 Å². The Hall–Kier alpha value is -1.23. The van der Waals surface area contributed by atoms with E-state index in [0.717, 1.165) is 18.6 Å². The van der Waals surface area contributed by atoms with Gasteiger partial charge in [-0.3, -0.25) is 0 Å². The summed E-state index contributed by atoms with van der Waals surface area (Å²) in [5.41, 5.74) is 0.372. The molecule has 0 aliphatic rings. The summed E-state index contributed by atoms with van der Waals surface area (Å²) in [4.78, 5) is 4.29. The van der Waals surface area contributed by atoms with E-state index in [2.05, 4.69) is 25.8 Å². The van der Waals surface area contributed by atoms with Crippen LogP contribution >= 0.6 is 11.6 Å². The highest BCUT2D eigenvalue weighted by molar-refractivity contribution is 6.16. The molecule has 1 atom stereocenters. The van der Waals surface area contributed by atoms with E-state index in [-0.39, 0.29) is 11.9 Å². The largest absolute Gasteiger partial charge is 0.416 e. The van der Waals surface area contributed by atoms with E-state index in [1.54, 1.807) is 0 Å². The molecule has 0 amide bonds. The minimum absolute atomic E-state index is 0.167. The number of rotatable bonds is 4. The van der Waals surface area contributed by atoms with Gasteiger partial charge in [0, 0.05) is 6.04 Å². The summed E-state index contributed by atoms with van der Waals surface area (Å²) in [6.45, 7) is 6.22. The van der Waals surface area contributed by atoms with E-state index < -0.39 is 11.7 Å². The van der Waals surface area contributed by atoms with Gasteiger partial charge in [-0.1, -0.05) is 20.8 Å². The van der Waals surface area contributed by atoms with Crippen molar-refractivity contribution in [3.8, 4) is 0 Å². The number of imidazole rings is 1. The molecule has 6 heteroatoms. The average Bonchev–Trinajstić information content (AvgIpc) is 2.76. The number of hydrogen-bond donors (Lipinski definition) is 0. The maximum Gasteiger partial charge on any atom is 0.416 e. The van der Waals surface area contributed by atoms with Gasteiger partial charge in [-0.05, 0) is 30.5 Å². The standard InChI is InChI=1S/C15H18ClF3N2/c1-4-12(9(2)3)21-13-6-5-10(15(17,18)19)7-11(13)20-14(21)8-16/h5-7,9,12H,4,8H2,1-3H3. The van der Waals surface area contributed by atoms with Crippen molar-refractivity contribution < 1.29 is 13.2 Å². The molecule has 1 heterocycles. The molecule has 0 aliphatic heterocycles. The van der Waals surface area contributed by atoms with Gasteiger partial charge in [0.25, 0.3) is 0 Å². The van der Waals surface area contributed by atoms with Crippen LogP contribution in [-0.4, -0.2) is 9.55 Å². The number of alkyl halides is 4. The van der Waals surface area contributed by atoms with E-state index >= 15 is 0 Å². The van der Waals surface area contributed by atoms with Crippen molar-refractivity contribution in [2.75, 3.05) is 0 Å². The van der Waals surface area contributed by atoms with Gasteiger partial charge in [0.05, 0.1) is 22.5 Å². The second-order valence-electron chi connectivity index (χ2n) is 5.45. The molecule has 0 saturated carbocycles. The molecule has 0 radical (unpaired) electrons. The first kappa shape index (κ1) is 16.1. The van der Waals surface area contributed by atoms with Gasteiger partial charge < -0.3 is 4.57 Å². The molecule has 0 fully saturated rings. The molecule has 1 aromatic heterocycles. The molecule has 1 aromatic carbocycles. The first-order valence-electron chi connectivity index (χ1n) is 6.93. The average molecular weight is 319 g/mol. The number of hydrogen-bond acceptors (Lipinski definition) is 1. The van der Waals surface area contributed by atoms with E-state index in [4.69, 9.17) is 11.6 Å². The third-order valence-corrected chi connectivity index (χ3v) is 3.97. The number of aromatic nitrogens is 2. The summed E-state index contributed by atoms with van der Waals surface area (Å²) >= 11 is 5.93. The molecule has 2 aromatic rings. The number of halogens is 4. The van der Waals surface area contributed by atoms with Crippen LogP contribution in [0.1, 0.15) is 44.6 Å². The molecule has 0 aliphatic carbocycles. The van der Waals surface area contributed by atoms with Crippen molar-refractivity contribution in [2.45, 2.75) is 45.3 Å². The lowest BCUT2D eigenvalue weighted by Crippen LogP contribution is -2.16. The number of benzene rings is 1. The molecular formula is C15H18ClF3N2. The Kier molecular flexibility index (Phi) is 4.51. The molecule has 116 valence electrons. The molecule has 2 rings (SSSR count). The quantitative estimate of drug-likeness (QED) is 0.690. The maximum absolute atomic E-state index is 12.8. The van der Waals surface area contributed by atoms with Crippen LogP contribution in [-0.2, 0) is 12.1 Å². The van der Waals surface area contributed by atoms with Crippen LogP contribution in [0.4, 0.5) is 13.2 Å². The Morgan fingerprint density at radius 1 is 1.29 bits per heavy atom. The van der Waals surface area contributed by atoms with Crippen LogP contribution in [0.25, 0.3) is 11.0 Å². The monoisotopic (exact) mass is 318 g/mol. The maximum atomic E-state index is 12.8. The number of fused-ring (bicyclic) bond motifs is 1. The van der Waals surface area contributed by atoms with Gasteiger partial charge in [0.15, 0.2) is 0 Å². The lowest BCUT2D eigenvalue weighted by molar-refractivity contribution is -0.137. The second-order valence-corrected chi connectivity index (χ2v) is 5.72. The minimum Gasteiger partial charge on any atom is -0.324 e. The fourth-order valence-corrected chi connectivity index (χ4v) is 2.93. The molecular weight excluding hydrogens is 301 g/mol. The zero-order valence-corrected chi connectivity index (χ0v) is 13.0. The van der Waals surface area contributed by atoms with E-state index in [0.29, 0.717) is 22.8 Å². The van der Waals surface area contributed by atoms with Crippen molar-refractivity contribution >= 4 is 22.6 Å². The van der Waals surface area contributed by atoms with Crippen molar-refractivity contribution in [1.82, 2.24) is 9.55 Å². The van der Waals surface area contributed by atoms with Crippen LogP contribution in [0.15, 0.2) is 18.2 Å². The van der Waals surface area contributed by atoms with Gasteiger partial charge in [-0.15, -0.1) is 11.6 Å². The number of nitrogens with zero attached hydrogens (tertiary/aromatic N) is 2. The lowest BCUT2D eigenvalue weighted by Gasteiger charge is -2.23. The second kappa shape index (κ2) is 5.87. The summed E-state index contributed by atoms with van der Waals surface area (Å²) in [5.74, 6) is 1.14. The highest BCUT2D eigenvalue weighted by Crippen LogP contribution is 2.34. The zero-order valence-electron chi connectivity index (χ0n) is 12.2. The smallest absolute Gasteiger partial charge is 0.324 e. The predicted octanol–water partition coefficient (Wildman–Crippen LogP) is 5.40. The van der Waals surface area contributed by atoms with E-state index in [9.17, 15) is 13.2 Å². The molecule has 21 heavy (non-hydrogen) atoms. The lowest BCUT2D eigenvalue weighted by atomic mass is 10.0. The van der Waals surface area contributed by atoms with Crippen LogP contribution in [0, 0.1) is 5.92 Å². The summed E-state index contributed by atoms with van der Waals surface area (Å²) in [7, 11) is 0. The fraction of sp³-hybridized carbons (Fsp3) is 0.533. The summed E-state index contributed by atoms with van der Waals surface area (Å²) in [5, 5.41) is 0. The topological polar surface area (TPSA) is 17.8 Å². The first-order chi connectivity index (χ1) is 9.79. The molecule has 2 nitrogen and oxygen atoms in total. The Labute approximate surface area is 126 Å². The third-order valence-electron chi connectivity index (χ3n) is 3.73. The van der Waals surface area contributed by atoms with Crippen molar-refractivity contribution in [1.29, 1.82) is 0 Å². The minimum atomic E-state index is -4.36. The predicted molar refractivity (Wildman–Crippen MR) is 78.5 cm³/mol. The summed E-state index contributed by atoms with van der Waals surface area (Å²) in [6, 6.07) is 3.85. The molecule has 0 saturated heterocycles. The Morgan fingerprint density at radius 3 is 2.43 bits per heavy atom. The normalized spacial score (nSPS) is 14.1. The third kappa shape index (κ3) is 3.03. The Morgan fingerprint density at radius 2 is 1.95 bits per heavy atom. The molecule has 0 bridgehead atoms. The Balaban J connectivity index is 2.65. The van der Waals surface area contributed by atoms with Crippen LogP contribution < -0.4 is 0 Å². The fourth-order valence-electron chi connectivity index (χ4n) is 2.74. The summed E-state index contributed by atoms with van der Waals surface area (Å²) < 4.78 is 40.4. The van der Waals surface area contributed by atoms with Gasteiger partial charge in [-0.25, -0.2) is 4.98 Å². The van der Waals surface area contributed by atoms with E-state index in [1.807, 2.05) is 4.57 Å². The van der Waals surface area contributed by atoms with Crippen molar-refractivity contribution in [2.24, 2.45) is 5.92 Å². The first-order valence-corrected chi connectivity index (χ1v) is 7.47. The van der Waals surface area contributed by atoms with Gasteiger partial charge in [-0.2, -0.15) is 13.2 Å². The van der Waals surface area contributed by atoms with Gasteiger partial charge in [0.1, 0.15) is 5.82 Å². The van der Waals surface area contributed by atoms with E-state index in [1.165, 1.54) is 6.07 Å². The molecule has 1 unspecified atom stereocenters. The molecule has 0 N–H and O–H groups in total. The van der Waals surface area contributed by atoms with Gasteiger partial charge in [0.2, 0.25) is 0 Å². The van der Waals surface area contributed by atoms with Gasteiger partial charge >= 0.3 is 6.18 Å². The summed E-state index contributed by atoms with van der Waals surface area (Å²) in [6.07, 6.45) is -3.49. The van der Waals surface area contributed by atoms with Crippen molar-refractivity contribution in [3.63, 3.8) is 0 Å². The highest BCUT2D eigenvalue weighted by atomic mass is 35.5. The van der Waals surface area contributed by atoms with Crippen LogP contribution in [0.2, 0.25) is 0 Å². The zero-order chi connectivity index (χ0) is 15.8. The van der Waals surface area contributed by atoms with Crippen LogP contribution in [0.5, 0.6) is 0 Å². The molecule has 0 spiro atoms. The highest BCUT2D eigenvalue weighted by Gasteiger charge is 2.31. The van der Waals surface area contributed by atoms with Crippen molar-refractivity contribution in [3.05, 3.63) is 29.6 Å².